The first-order valence-electron chi connectivity index (χ1n) is 5.45. The summed E-state index contributed by atoms with van der Waals surface area (Å²) in [6, 6.07) is -0.370. The maximum absolute atomic E-state index is 11.3. The normalized spacial score (nSPS) is 16.8. The second kappa shape index (κ2) is 6.75. The number of nitrogens with two attached hydrogens (primary N) is 1. The zero-order valence-corrected chi connectivity index (χ0v) is 9.96. The SMILES string of the molecule is NC(CCSCCC(=O)NC1CC1)C(=O)O. The molecular formula is C10H18N2O3S. The first-order valence-corrected chi connectivity index (χ1v) is 6.60. The highest BCUT2D eigenvalue weighted by atomic mass is 32.2. The van der Waals surface area contributed by atoms with Crippen LogP contribution < -0.4 is 11.1 Å². The predicted octanol–water partition coefficient (Wildman–Crippen LogP) is 0.190. The minimum atomic E-state index is -0.966. The molecule has 0 saturated heterocycles. The molecule has 0 heterocycles. The van der Waals surface area contributed by atoms with E-state index < -0.39 is 12.0 Å². The van der Waals surface area contributed by atoms with Crippen molar-refractivity contribution in [2.24, 2.45) is 5.73 Å². The van der Waals surface area contributed by atoms with Gasteiger partial charge < -0.3 is 16.2 Å². The molecule has 6 heteroatoms. The topological polar surface area (TPSA) is 92.4 Å². The number of hydrogen-bond donors (Lipinski definition) is 3. The quantitative estimate of drug-likeness (QED) is 0.532. The van der Waals surface area contributed by atoms with Gasteiger partial charge in [0, 0.05) is 18.2 Å². The average Bonchev–Trinajstić information content (AvgIpc) is 3.00. The van der Waals surface area contributed by atoms with Crippen molar-refractivity contribution in [2.75, 3.05) is 11.5 Å². The van der Waals surface area contributed by atoms with E-state index in [9.17, 15) is 9.59 Å². The van der Waals surface area contributed by atoms with Gasteiger partial charge in [0.1, 0.15) is 6.04 Å². The molecule has 1 atom stereocenters. The Bertz CT molecular complexity index is 256. The Morgan fingerprint density at radius 2 is 2.12 bits per heavy atom. The van der Waals surface area contributed by atoms with Crippen LogP contribution in [0.1, 0.15) is 25.7 Å². The van der Waals surface area contributed by atoms with E-state index in [2.05, 4.69) is 5.32 Å². The van der Waals surface area contributed by atoms with Gasteiger partial charge in [-0.05, 0) is 25.0 Å². The summed E-state index contributed by atoms with van der Waals surface area (Å²) in [4.78, 5) is 21.7. The maximum atomic E-state index is 11.3. The molecule has 16 heavy (non-hydrogen) atoms. The lowest BCUT2D eigenvalue weighted by Gasteiger charge is -2.06. The number of carbonyl (C=O) groups is 2. The summed E-state index contributed by atoms with van der Waals surface area (Å²) in [5.41, 5.74) is 5.34. The lowest BCUT2D eigenvalue weighted by Crippen LogP contribution is -2.30. The third-order valence-electron chi connectivity index (χ3n) is 2.31. The van der Waals surface area contributed by atoms with Gasteiger partial charge in [-0.1, -0.05) is 0 Å². The fourth-order valence-corrected chi connectivity index (χ4v) is 2.08. The van der Waals surface area contributed by atoms with Crippen LogP contribution in [0.25, 0.3) is 0 Å². The standard InChI is InChI=1S/C10H18N2O3S/c11-8(10(14)15)3-5-16-6-4-9(13)12-7-1-2-7/h7-8H,1-6,11H2,(H,12,13)(H,14,15). The zero-order chi connectivity index (χ0) is 12.0. The van der Waals surface area contributed by atoms with Gasteiger partial charge in [0.15, 0.2) is 0 Å². The molecule has 0 bridgehead atoms. The van der Waals surface area contributed by atoms with E-state index in [1.807, 2.05) is 0 Å². The summed E-state index contributed by atoms with van der Waals surface area (Å²) < 4.78 is 0. The highest BCUT2D eigenvalue weighted by molar-refractivity contribution is 7.99. The van der Waals surface area contributed by atoms with Crippen molar-refractivity contribution in [3.8, 4) is 0 Å². The van der Waals surface area contributed by atoms with Crippen molar-refractivity contribution in [1.82, 2.24) is 5.32 Å². The average molecular weight is 246 g/mol. The molecule has 92 valence electrons. The highest BCUT2D eigenvalue weighted by Crippen LogP contribution is 2.18. The Balaban J connectivity index is 1.90. The van der Waals surface area contributed by atoms with E-state index in [1.165, 1.54) is 0 Å². The Labute approximate surface area is 99.1 Å². The Kier molecular flexibility index (Phi) is 5.62. The number of nitrogens with one attached hydrogen (secondary N) is 1. The number of hydrogen-bond acceptors (Lipinski definition) is 4. The number of aliphatic carboxylic acids is 1. The van der Waals surface area contributed by atoms with Gasteiger partial charge >= 0.3 is 5.97 Å². The second-order valence-corrected chi connectivity index (χ2v) is 5.16. The second-order valence-electron chi connectivity index (χ2n) is 3.94. The smallest absolute Gasteiger partial charge is 0.320 e. The van der Waals surface area contributed by atoms with E-state index in [0.29, 0.717) is 24.6 Å². The van der Waals surface area contributed by atoms with E-state index in [0.717, 1.165) is 18.6 Å². The molecule has 4 N–H and O–H groups in total. The Morgan fingerprint density at radius 3 is 2.69 bits per heavy atom. The van der Waals surface area contributed by atoms with E-state index in [4.69, 9.17) is 10.8 Å². The molecule has 0 aromatic heterocycles. The predicted molar refractivity (Wildman–Crippen MR) is 63.3 cm³/mol. The number of thioether (sulfide) groups is 1. The molecule has 0 aromatic rings. The largest absolute Gasteiger partial charge is 0.480 e. The van der Waals surface area contributed by atoms with Crippen LogP contribution in [0.2, 0.25) is 0 Å². The molecule has 5 nitrogen and oxygen atoms in total. The molecule has 1 saturated carbocycles. The fourth-order valence-electron chi connectivity index (χ4n) is 1.13. The number of carboxylic acid groups (broad SMARTS) is 1. The highest BCUT2D eigenvalue weighted by Gasteiger charge is 2.22. The first kappa shape index (κ1) is 13.3. The molecule has 1 fully saturated rings. The van der Waals surface area contributed by atoms with Crippen molar-refractivity contribution < 1.29 is 14.7 Å². The summed E-state index contributed by atoms with van der Waals surface area (Å²) in [6.45, 7) is 0. The third-order valence-corrected chi connectivity index (χ3v) is 3.32. The van der Waals surface area contributed by atoms with E-state index >= 15 is 0 Å². The number of amides is 1. The van der Waals surface area contributed by atoms with Crippen LogP contribution in [0.4, 0.5) is 0 Å². The van der Waals surface area contributed by atoms with Gasteiger partial charge in [-0.15, -0.1) is 0 Å². The van der Waals surface area contributed by atoms with Crippen LogP contribution in [0.15, 0.2) is 0 Å². The van der Waals surface area contributed by atoms with Gasteiger partial charge in [0.2, 0.25) is 5.91 Å². The zero-order valence-electron chi connectivity index (χ0n) is 9.15. The molecule has 0 radical (unpaired) electrons. The minimum Gasteiger partial charge on any atom is -0.480 e. The first-order chi connectivity index (χ1) is 7.59. The van der Waals surface area contributed by atoms with Crippen molar-refractivity contribution >= 4 is 23.6 Å². The van der Waals surface area contributed by atoms with Gasteiger partial charge in [-0.25, -0.2) is 0 Å². The Morgan fingerprint density at radius 1 is 1.44 bits per heavy atom. The summed E-state index contributed by atoms with van der Waals surface area (Å²) >= 11 is 1.57. The van der Waals surface area contributed by atoms with Crippen molar-refractivity contribution in [1.29, 1.82) is 0 Å². The fraction of sp³-hybridized carbons (Fsp3) is 0.800. The molecule has 1 aliphatic rings. The van der Waals surface area contributed by atoms with E-state index in [1.54, 1.807) is 11.8 Å². The number of carbonyl (C=O) groups excluding carboxylic acids is 1. The molecule has 0 aliphatic heterocycles. The lowest BCUT2D eigenvalue weighted by molar-refractivity contribution is -0.138. The monoisotopic (exact) mass is 246 g/mol. The van der Waals surface area contributed by atoms with Gasteiger partial charge in [0.25, 0.3) is 0 Å². The molecule has 0 spiro atoms. The third kappa shape index (κ3) is 5.97. The van der Waals surface area contributed by atoms with Gasteiger partial charge in [-0.2, -0.15) is 11.8 Å². The molecule has 1 amide bonds. The van der Waals surface area contributed by atoms with Crippen LogP contribution in [0.5, 0.6) is 0 Å². The summed E-state index contributed by atoms with van der Waals surface area (Å²) in [5, 5.41) is 11.4. The van der Waals surface area contributed by atoms with Crippen LogP contribution in [0, 0.1) is 0 Å². The summed E-state index contributed by atoms with van der Waals surface area (Å²) in [5.74, 6) is 0.541. The van der Waals surface area contributed by atoms with Crippen molar-refractivity contribution in [3.63, 3.8) is 0 Å². The maximum Gasteiger partial charge on any atom is 0.320 e. The van der Waals surface area contributed by atoms with Crippen LogP contribution in [-0.4, -0.2) is 40.6 Å². The number of rotatable bonds is 8. The van der Waals surface area contributed by atoms with Crippen molar-refractivity contribution in [2.45, 2.75) is 37.8 Å². The molecule has 1 unspecified atom stereocenters. The van der Waals surface area contributed by atoms with E-state index in [-0.39, 0.29) is 5.91 Å². The molecule has 0 aromatic carbocycles. The van der Waals surface area contributed by atoms with Crippen LogP contribution in [-0.2, 0) is 9.59 Å². The van der Waals surface area contributed by atoms with Crippen LogP contribution in [0.3, 0.4) is 0 Å². The van der Waals surface area contributed by atoms with Crippen LogP contribution >= 0.6 is 11.8 Å². The lowest BCUT2D eigenvalue weighted by atomic mass is 10.2. The Hall–Kier alpha value is -0.750. The van der Waals surface area contributed by atoms with Gasteiger partial charge in [0.05, 0.1) is 0 Å². The molecule has 1 aliphatic carbocycles. The summed E-state index contributed by atoms with van der Waals surface area (Å²) in [6.07, 6.45) is 3.16. The minimum absolute atomic E-state index is 0.0949. The summed E-state index contributed by atoms with van der Waals surface area (Å²) in [7, 11) is 0. The number of carboxylic acids is 1. The van der Waals surface area contributed by atoms with Gasteiger partial charge in [-0.3, -0.25) is 9.59 Å². The molecular weight excluding hydrogens is 228 g/mol. The molecule has 1 rings (SSSR count). The van der Waals surface area contributed by atoms with Crippen molar-refractivity contribution in [3.05, 3.63) is 0 Å².